The molecule has 134 valence electrons. The minimum absolute atomic E-state index is 0.00215. The van der Waals surface area contributed by atoms with Gasteiger partial charge in [-0.05, 0) is 12.5 Å². The summed E-state index contributed by atoms with van der Waals surface area (Å²) in [6, 6.07) is 13.3. The van der Waals surface area contributed by atoms with Crippen molar-refractivity contribution < 1.29 is 14.3 Å². The zero-order valence-electron chi connectivity index (χ0n) is 14.7. The molecule has 0 aromatic heterocycles. The monoisotopic (exact) mass is 362 g/mol. The molecule has 0 aliphatic carbocycles. The van der Waals surface area contributed by atoms with E-state index in [0.29, 0.717) is 35.3 Å². The first kappa shape index (κ1) is 18.9. The molecule has 0 aliphatic heterocycles. The summed E-state index contributed by atoms with van der Waals surface area (Å²) in [5.74, 6) is 1.08. The molecular formula is C19H23ClN2O3. The molecule has 0 saturated heterocycles. The molecule has 1 amide bonds. The zero-order chi connectivity index (χ0) is 18.2. The van der Waals surface area contributed by atoms with Crippen LogP contribution in [0.5, 0.6) is 11.5 Å². The van der Waals surface area contributed by atoms with Crippen molar-refractivity contribution in [3.63, 3.8) is 0 Å². The maximum Gasteiger partial charge on any atom is 0.242 e. The highest BCUT2D eigenvalue weighted by Gasteiger charge is 2.14. The number of likely N-dealkylation sites (N-methyl/N-ethyl adjacent to an activating group) is 1. The molecule has 0 unspecified atom stereocenters. The summed E-state index contributed by atoms with van der Waals surface area (Å²) in [6.45, 7) is 3.34. The van der Waals surface area contributed by atoms with E-state index < -0.39 is 0 Å². The van der Waals surface area contributed by atoms with Crippen LogP contribution in [-0.2, 0) is 11.3 Å². The van der Waals surface area contributed by atoms with Gasteiger partial charge in [-0.1, -0.05) is 41.9 Å². The second kappa shape index (κ2) is 9.18. The minimum atomic E-state index is 0.00215. The molecule has 0 spiro atoms. The molecule has 2 aromatic carbocycles. The number of carbonyl (C=O) groups is 1. The van der Waals surface area contributed by atoms with Crippen LogP contribution in [0.2, 0.25) is 5.02 Å². The predicted molar refractivity (Wildman–Crippen MR) is 101 cm³/mol. The second-order valence-corrected chi connectivity index (χ2v) is 5.84. The van der Waals surface area contributed by atoms with Gasteiger partial charge < -0.3 is 19.7 Å². The zero-order valence-corrected chi connectivity index (χ0v) is 15.5. The lowest BCUT2D eigenvalue weighted by molar-refractivity contribution is -0.129. The average molecular weight is 363 g/mol. The van der Waals surface area contributed by atoms with Crippen molar-refractivity contribution in [2.24, 2.45) is 0 Å². The molecule has 5 nitrogen and oxygen atoms in total. The third-order valence-corrected chi connectivity index (χ3v) is 4.15. The largest absolute Gasteiger partial charge is 0.495 e. The Hall–Kier alpha value is -2.40. The molecule has 2 aromatic rings. The van der Waals surface area contributed by atoms with E-state index in [0.717, 1.165) is 5.56 Å². The molecule has 0 saturated carbocycles. The third kappa shape index (κ3) is 5.03. The summed E-state index contributed by atoms with van der Waals surface area (Å²) in [6.07, 6.45) is 0. The Kier molecular flexibility index (Phi) is 6.95. The lowest BCUT2D eigenvalue weighted by atomic mass is 10.2. The van der Waals surface area contributed by atoms with E-state index in [-0.39, 0.29) is 12.5 Å². The molecule has 0 radical (unpaired) electrons. The SMILES string of the molecule is CCN(Cc1ccccc1)C(=O)CNc1cc(OC)c(Cl)cc1OC. The van der Waals surface area contributed by atoms with Crippen molar-refractivity contribution in [2.75, 3.05) is 32.6 Å². The van der Waals surface area contributed by atoms with Crippen molar-refractivity contribution >= 4 is 23.2 Å². The lowest BCUT2D eigenvalue weighted by Crippen LogP contribution is -2.35. The Morgan fingerprint density at radius 2 is 1.80 bits per heavy atom. The number of hydrogen-bond donors (Lipinski definition) is 1. The Balaban J connectivity index is 2.05. The molecule has 0 fully saturated rings. The van der Waals surface area contributed by atoms with Crippen LogP contribution in [0.25, 0.3) is 0 Å². The van der Waals surface area contributed by atoms with Crippen LogP contribution in [0.3, 0.4) is 0 Å². The molecule has 25 heavy (non-hydrogen) atoms. The van der Waals surface area contributed by atoms with Crippen LogP contribution in [0.15, 0.2) is 42.5 Å². The highest BCUT2D eigenvalue weighted by atomic mass is 35.5. The smallest absolute Gasteiger partial charge is 0.242 e. The van der Waals surface area contributed by atoms with Crippen molar-refractivity contribution in [1.29, 1.82) is 0 Å². The van der Waals surface area contributed by atoms with Crippen LogP contribution >= 0.6 is 11.6 Å². The molecule has 0 aliphatic rings. The molecule has 6 heteroatoms. The highest BCUT2D eigenvalue weighted by molar-refractivity contribution is 6.32. The van der Waals surface area contributed by atoms with E-state index in [2.05, 4.69) is 5.32 Å². The number of amides is 1. The van der Waals surface area contributed by atoms with Crippen LogP contribution < -0.4 is 14.8 Å². The van der Waals surface area contributed by atoms with E-state index in [1.54, 1.807) is 31.3 Å². The van der Waals surface area contributed by atoms with Crippen LogP contribution in [-0.4, -0.2) is 38.1 Å². The van der Waals surface area contributed by atoms with E-state index in [4.69, 9.17) is 21.1 Å². The highest BCUT2D eigenvalue weighted by Crippen LogP contribution is 2.35. The summed E-state index contributed by atoms with van der Waals surface area (Å²) in [5, 5.41) is 3.57. The maximum atomic E-state index is 12.5. The first-order valence-electron chi connectivity index (χ1n) is 8.06. The quantitative estimate of drug-likeness (QED) is 0.775. The van der Waals surface area contributed by atoms with Crippen molar-refractivity contribution in [3.8, 4) is 11.5 Å². The van der Waals surface area contributed by atoms with Gasteiger partial charge >= 0.3 is 0 Å². The van der Waals surface area contributed by atoms with Gasteiger partial charge in [-0.15, -0.1) is 0 Å². The van der Waals surface area contributed by atoms with Crippen LogP contribution in [0, 0.1) is 0 Å². The van der Waals surface area contributed by atoms with Gasteiger partial charge in [-0.3, -0.25) is 4.79 Å². The number of ether oxygens (including phenoxy) is 2. The molecule has 0 atom stereocenters. The lowest BCUT2D eigenvalue weighted by Gasteiger charge is -2.22. The normalized spacial score (nSPS) is 10.2. The number of nitrogens with zero attached hydrogens (tertiary/aromatic N) is 1. The molecule has 1 N–H and O–H groups in total. The van der Waals surface area contributed by atoms with Crippen LogP contribution in [0.1, 0.15) is 12.5 Å². The van der Waals surface area contributed by atoms with Gasteiger partial charge in [0.1, 0.15) is 11.5 Å². The van der Waals surface area contributed by atoms with Gasteiger partial charge in [-0.2, -0.15) is 0 Å². The number of hydrogen-bond acceptors (Lipinski definition) is 4. The number of methoxy groups -OCH3 is 2. The first-order valence-corrected chi connectivity index (χ1v) is 8.44. The number of rotatable bonds is 8. The third-order valence-electron chi connectivity index (χ3n) is 3.85. The Bertz CT molecular complexity index is 707. The number of benzene rings is 2. The standard InChI is InChI=1S/C19H23ClN2O3/c1-4-22(13-14-8-6-5-7-9-14)19(23)12-21-16-11-17(24-2)15(20)10-18(16)25-3/h5-11,21H,4,12-13H2,1-3H3. The number of nitrogens with one attached hydrogen (secondary N) is 1. The molecule has 0 bridgehead atoms. The van der Waals surface area contributed by atoms with Gasteiger partial charge in [0.15, 0.2) is 0 Å². The van der Waals surface area contributed by atoms with Gasteiger partial charge in [0.2, 0.25) is 5.91 Å². The molecule has 2 rings (SSSR count). The summed E-state index contributed by atoms with van der Waals surface area (Å²) >= 11 is 6.10. The van der Waals surface area contributed by atoms with Crippen LogP contribution in [0.4, 0.5) is 5.69 Å². The molecule has 0 heterocycles. The number of anilines is 1. The van der Waals surface area contributed by atoms with E-state index >= 15 is 0 Å². The minimum Gasteiger partial charge on any atom is -0.495 e. The summed E-state index contributed by atoms with van der Waals surface area (Å²) in [7, 11) is 3.10. The van der Waals surface area contributed by atoms with Gasteiger partial charge in [0.05, 0.1) is 31.5 Å². The fourth-order valence-corrected chi connectivity index (χ4v) is 2.69. The van der Waals surface area contributed by atoms with E-state index in [1.165, 1.54) is 0 Å². The number of carbonyl (C=O) groups excluding carboxylic acids is 1. The predicted octanol–water partition coefficient (Wildman–Crippen LogP) is 3.82. The van der Waals surface area contributed by atoms with Gasteiger partial charge in [0.25, 0.3) is 0 Å². The maximum absolute atomic E-state index is 12.5. The van der Waals surface area contributed by atoms with Gasteiger partial charge in [0, 0.05) is 25.2 Å². The second-order valence-electron chi connectivity index (χ2n) is 5.43. The van der Waals surface area contributed by atoms with Gasteiger partial charge in [-0.25, -0.2) is 0 Å². The van der Waals surface area contributed by atoms with Crippen molar-refractivity contribution in [1.82, 2.24) is 4.90 Å². The summed E-state index contributed by atoms with van der Waals surface area (Å²) in [4.78, 5) is 14.3. The number of halogens is 1. The van der Waals surface area contributed by atoms with Crippen molar-refractivity contribution in [2.45, 2.75) is 13.5 Å². The first-order chi connectivity index (χ1) is 12.1. The topological polar surface area (TPSA) is 50.8 Å². The average Bonchev–Trinajstić information content (AvgIpc) is 2.65. The Labute approximate surface area is 153 Å². The molecular weight excluding hydrogens is 340 g/mol. The van der Waals surface area contributed by atoms with E-state index in [9.17, 15) is 4.79 Å². The summed E-state index contributed by atoms with van der Waals surface area (Å²) < 4.78 is 10.5. The van der Waals surface area contributed by atoms with Crippen molar-refractivity contribution in [3.05, 3.63) is 53.1 Å². The fourth-order valence-electron chi connectivity index (χ4n) is 2.46. The Morgan fingerprint density at radius 1 is 1.12 bits per heavy atom. The summed E-state index contributed by atoms with van der Waals surface area (Å²) in [5.41, 5.74) is 1.76. The van der Waals surface area contributed by atoms with E-state index in [1.807, 2.05) is 37.3 Å². The Morgan fingerprint density at radius 3 is 2.40 bits per heavy atom. The fraction of sp³-hybridized carbons (Fsp3) is 0.316.